The van der Waals surface area contributed by atoms with Gasteiger partial charge in [0.15, 0.2) is 5.69 Å². The monoisotopic (exact) mass is 574 g/mol. The van der Waals surface area contributed by atoms with Crippen molar-refractivity contribution in [3.05, 3.63) is 47.2 Å². The van der Waals surface area contributed by atoms with E-state index in [1.807, 2.05) is 0 Å². The van der Waals surface area contributed by atoms with E-state index in [1.165, 1.54) is 13.4 Å². The molecule has 1 aliphatic rings. The molecule has 1 fully saturated rings. The van der Waals surface area contributed by atoms with Gasteiger partial charge in [-0.3, -0.25) is 14.5 Å². The lowest BCUT2D eigenvalue weighted by Gasteiger charge is -2.24. The number of alkyl halides is 3. The molecule has 0 spiro atoms. The third-order valence-corrected chi connectivity index (χ3v) is 7.54. The highest BCUT2D eigenvalue weighted by atomic mass is 32.2. The Hall–Kier alpha value is -3.13. The molecule has 1 aromatic heterocycles. The van der Waals surface area contributed by atoms with Gasteiger partial charge in [-0.15, -0.1) is 0 Å². The molecule has 1 unspecified atom stereocenters. The molecular formula is C25H33F3N4O6S. The molecular weight excluding hydrogens is 541 g/mol. The first-order chi connectivity index (χ1) is 18.4. The summed E-state index contributed by atoms with van der Waals surface area (Å²) in [6.45, 7) is 3.73. The fourth-order valence-corrected chi connectivity index (χ4v) is 4.87. The number of aromatic nitrogens is 1. The van der Waals surface area contributed by atoms with Gasteiger partial charge in [0.1, 0.15) is 12.0 Å². The first-order valence-corrected chi connectivity index (χ1v) is 14.2. The highest BCUT2D eigenvalue weighted by Crippen LogP contribution is 2.34. The minimum atomic E-state index is -5.76. The normalized spacial score (nSPS) is 16.3. The van der Waals surface area contributed by atoms with E-state index in [2.05, 4.69) is 22.1 Å². The maximum Gasteiger partial charge on any atom is 0.516 e. The van der Waals surface area contributed by atoms with Crippen molar-refractivity contribution in [1.82, 2.24) is 19.9 Å². The fourth-order valence-electron chi connectivity index (χ4n) is 4.35. The van der Waals surface area contributed by atoms with Crippen LogP contribution in [-0.2, 0) is 27.8 Å². The van der Waals surface area contributed by atoms with Crippen molar-refractivity contribution in [1.29, 1.82) is 0 Å². The van der Waals surface area contributed by atoms with Crippen molar-refractivity contribution in [3.63, 3.8) is 0 Å². The van der Waals surface area contributed by atoms with Crippen LogP contribution >= 0.6 is 0 Å². The number of nitrogens with one attached hydrogen (secondary N) is 2. The van der Waals surface area contributed by atoms with Gasteiger partial charge in [-0.05, 0) is 55.5 Å². The smallest absolute Gasteiger partial charge is 0.497 e. The van der Waals surface area contributed by atoms with E-state index in [-0.39, 0.29) is 24.1 Å². The standard InChI is InChI=1S/C25H33F3N4O6S/c1-3-4-5-12-29-23(34)20-16-38-24(30-20)21-7-6-13-32(21)15-18-14-19(37-2)10-8-17(18)9-11-22(33)31-39(35,36)25(26,27)28/h8,10,14,16,21H,3-7,9,11-13,15H2,1-2H3,(H,29,34)(H,31,33). The van der Waals surface area contributed by atoms with Crippen LogP contribution in [0.5, 0.6) is 5.75 Å². The van der Waals surface area contributed by atoms with Crippen LogP contribution in [0.3, 0.4) is 0 Å². The van der Waals surface area contributed by atoms with Crippen molar-refractivity contribution in [3.8, 4) is 5.75 Å². The fraction of sp³-hybridized carbons (Fsp3) is 0.560. The van der Waals surface area contributed by atoms with Crippen LogP contribution in [0.2, 0.25) is 0 Å². The molecule has 2 N–H and O–H groups in total. The number of carbonyl (C=O) groups excluding carboxylic acids is 2. The zero-order valence-corrected chi connectivity index (χ0v) is 22.7. The first-order valence-electron chi connectivity index (χ1n) is 12.7. The summed E-state index contributed by atoms with van der Waals surface area (Å²) in [6, 6.07) is 4.91. The minimum absolute atomic E-state index is 0.0123. The van der Waals surface area contributed by atoms with Gasteiger partial charge >= 0.3 is 15.5 Å². The number of rotatable bonds is 13. The van der Waals surface area contributed by atoms with E-state index in [9.17, 15) is 31.2 Å². The molecule has 3 rings (SSSR count). The number of oxazole rings is 1. The van der Waals surface area contributed by atoms with E-state index in [0.717, 1.165) is 42.4 Å². The highest BCUT2D eigenvalue weighted by Gasteiger charge is 2.46. The zero-order valence-electron chi connectivity index (χ0n) is 21.8. The van der Waals surface area contributed by atoms with Crippen molar-refractivity contribution < 1.29 is 40.3 Å². The van der Waals surface area contributed by atoms with Gasteiger partial charge in [-0.1, -0.05) is 25.8 Å². The topological polar surface area (TPSA) is 131 Å². The number of methoxy groups -OCH3 is 1. The van der Waals surface area contributed by atoms with Gasteiger partial charge in [0.25, 0.3) is 5.91 Å². The van der Waals surface area contributed by atoms with Crippen LogP contribution in [0.1, 0.15) is 79.0 Å². The van der Waals surface area contributed by atoms with Crippen LogP contribution in [0.15, 0.2) is 28.9 Å². The van der Waals surface area contributed by atoms with Crippen LogP contribution in [0, 0.1) is 0 Å². The second kappa shape index (κ2) is 13.3. The van der Waals surface area contributed by atoms with Crippen molar-refractivity contribution in [2.24, 2.45) is 0 Å². The molecule has 1 saturated heterocycles. The van der Waals surface area contributed by atoms with Gasteiger partial charge in [-0.25, -0.2) is 9.71 Å². The molecule has 1 aliphatic heterocycles. The van der Waals surface area contributed by atoms with Crippen molar-refractivity contribution >= 4 is 21.8 Å². The summed E-state index contributed by atoms with van der Waals surface area (Å²) in [5.74, 6) is -0.598. The molecule has 2 amide bonds. The summed E-state index contributed by atoms with van der Waals surface area (Å²) in [6.07, 6.45) is 5.43. The predicted octanol–water partition coefficient (Wildman–Crippen LogP) is 3.84. The number of nitrogens with zero attached hydrogens (tertiary/aromatic N) is 2. The van der Waals surface area contributed by atoms with Crippen LogP contribution in [0.4, 0.5) is 13.2 Å². The van der Waals surface area contributed by atoms with Gasteiger partial charge < -0.3 is 14.5 Å². The maximum atomic E-state index is 12.6. The SMILES string of the molecule is CCCCCNC(=O)c1coc(C2CCCN2Cc2cc(OC)ccc2CCC(=O)NS(=O)(=O)C(F)(F)F)n1. The summed E-state index contributed by atoms with van der Waals surface area (Å²) in [4.78, 5) is 30.9. The molecule has 216 valence electrons. The van der Waals surface area contributed by atoms with E-state index < -0.39 is 27.9 Å². The Morgan fingerprint density at radius 1 is 1.23 bits per heavy atom. The Labute approximate surface area is 225 Å². The van der Waals surface area contributed by atoms with Crippen molar-refractivity contribution in [2.75, 3.05) is 20.2 Å². The number of amides is 2. The van der Waals surface area contributed by atoms with Gasteiger partial charge in [0, 0.05) is 19.5 Å². The number of likely N-dealkylation sites (tertiary alicyclic amines) is 1. The summed E-state index contributed by atoms with van der Waals surface area (Å²) in [7, 11) is -4.27. The number of sulfonamides is 1. The Morgan fingerprint density at radius 2 is 2.00 bits per heavy atom. The Bertz CT molecular complexity index is 1250. The second-order valence-electron chi connectivity index (χ2n) is 9.27. The molecule has 39 heavy (non-hydrogen) atoms. The van der Waals surface area contributed by atoms with E-state index in [1.54, 1.807) is 18.2 Å². The quantitative estimate of drug-likeness (QED) is 0.345. The Balaban J connectivity index is 1.69. The number of benzene rings is 1. The third kappa shape index (κ3) is 8.18. The van der Waals surface area contributed by atoms with Gasteiger partial charge in [0.2, 0.25) is 11.8 Å². The average Bonchev–Trinajstić information content (AvgIpc) is 3.54. The molecule has 2 heterocycles. The number of hydrogen-bond donors (Lipinski definition) is 2. The van der Waals surface area contributed by atoms with Crippen LogP contribution in [0.25, 0.3) is 0 Å². The molecule has 1 atom stereocenters. The molecule has 0 bridgehead atoms. The van der Waals surface area contributed by atoms with Crippen LogP contribution < -0.4 is 14.8 Å². The highest BCUT2D eigenvalue weighted by molar-refractivity contribution is 7.90. The zero-order chi connectivity index (χ0) is 28.6. The first kappa shape index (κ1) is 30.4. The average molecular weight is 575 g/mol. The molecule has 2 aromatic rings. The number of hydrogen-bond acceptors (Lipinski definition) is 8. The summed E-state index contributed by atoms with van der Waals surface area (Å²) < 4.78 is 72.2. The lowest BCUT2D eigenvalue weighted by Crippen LogP contribution is -2.40. The second-order valence-corrected chi connectivity index (χ2v) is 10.9. The molecule has 0 saturated carbocycles. The summed E-state index contributed by atoms with van der Waals surface area (Å²) in [5.41, 5.74) is -3.96. The van der Waals surface area contributed by atoms with E-state index in [4.69, 9.17) is 9.15 Å². The van der Waals surface area contributed by atoms with E-state index >= 15 is 0 Å². The maximum absolute atomic E-state index is 12.6. The lowest BCUT2D eigenvalue weighted by atomic mass is 10.0. The van der Waals surface area contributed by atoms with Crippen LogP contribution in [-0.4, -0.2) is 55.8 Å². The van der Waals surface area contributed by atoms with E-state index in [0.29, 0.717) is 36.8 Å². The molecule has 0 radical (unpaired) electrons. The molecule has 10 nitrogen and oxygen atoms in total. The number of ether oxygens (including phenoxy) is 1. The minimum Gasteiger partial charge on any atom is -0.497 e. The largest absolute Gasteiger partial charge is 0.516 e. The van der Waals surface area contributed by atoms with Gasteiger partial charge in [-0.2, -0.15) is 21.6 Å². The number of carbonyl (C=O) groups is 2. The number of aryl methyl sites for hydroxylation is 1. The molecule has 1 aromatic carbocycles. The number of halogens is 3. The molecule has 0 aliphatic carbocycles. The molecule has 14 heteroatoms. The summed E-state index contributed by atoms with van der Waals surface area (Å²) >= 11 is 0. The lowest BCUT2D eigenvalue weighted by molar-refractivity contribution is -0.120. The predicted molar refractivity (Wildman–Crippen MR) is 135 cm³/mol. The summed E-state index contributed by atoms with van der Waals surface area (Å²) in [5, 5.41) is 2.83. The Morgan fingerprint density at radius 3 is 2.69 bits per heavy atom. The number of unbranched alkanes of at least 4 members (excludes halogenated alkanes) is 2. The van der Waals surface area contributed by atoms with Crippen molar-refractivity contribution in [2.45, 2.75) is 70.0 Å². The third-order valence-electron chi connectivity index (χ3n) is 6.43. The Kier molecular flexibility index (Phi) is 10.4. The van der Waals surface area contributed by atoms with Gasteiger partial charge in [0.05, 0.1) is 13.2 Å².